The Balaban J connectivity index is 1.93. The number of hydrogen-bond acceptors (Lipinski definition) is 6. The van der Waals surface area contributed by atoms with Gasteiger partial charge in [0.2, 0.25) is 0 Å². The first-order chi connectivity index (χ1) is 14.3. The topological polar surface area (TPSA) is 78.9 Å². The second kappa shape index (κ2) is 11.1. The van der Waals surface area contributed by atoms with Gasteiger partial charge in [-0.15, -0.1) is 0 Å². The third kappa shape index (κ3) is 6.85. The third-order valence-electron chi connectivity index (χ3n) is 5.88. The Morgan fingerprint density at radius 1 is 0.867 bits per heavy atom. The van der Waals surface area contributed by atoms with Gasteiger partial charge in [-0.05, 0) is 51.5 Å². The van der Waals surface area contributed by atoms with Crippen molar-refractivity contribution in [3.8, 4) is 0 Å². The van der Waals surface area contributed by atoms with Crippen LogP contribution in [0, 0.1) is 5.41 Å². The van der Waals surface area contributed by atoms with E-state index in [-0.39, 0.29) is 0 Å². The van der Waals surface area contributed by atoms with E-state index in [4.69, 9.17) is 14.2 Å². The van der Waals surface area contributed by atoms with E-state index in [0.717, 1.165) is 44.1 Å². The molecule has 1 saturated carbocycles. The summed E-state index contributed by atoms with van der Waals surface area (Å²) < 4.78 is 15.9. The van der Waals surface area contributed by atoms with Crippen LogP contribution in [-0.4, -0.2) is 31.1 Å². The highest BCUT2D eigenvalue weighted by Crippen LogP contribution is 2.39. The molecule has 1 aromatic carbocycles. The summed E-state index contributed by atoms with van der Waals surface area (Å²) in [4.78, 5) is 36.4. The van der Waals surface area contributed by atoms with Gasteiger partial charge in [0, 0.05) is 0 Å². The molecule has 0 aliphatic heterocycles. The van der Waals surface area contributed by atoms with Gasteiger partial charge < -0.3 is 14.2 Å². The summed E-state index contributed by atoms with van der Waals surface area (Å²) in [5.41, 5.74) is -0.385. The number of hydrogen-bond donors (Lipinski definition) is 0. The van der Waals surface area contributed by atoms with Crippen molar-refractivity contribution in [1.29, 1.82) is 0 Å². The quantitative estimate of drug-likeness (QED) is 0.450. The van der Waals surface area contributed by atoms with E-state index in [2.05, 4.69) is 0 Å². The van der Waals surface area contributed by atoms with Crippen LogP contribution in [0.2, 0.25) is 0 Å². The molecule has 6 nitrogen and oxygen atoms in total. The highest BCUT2D eigenvalue weighted by atomic mass is 16.6. The van der Waals surface area contributed by atoms with E-state index < -0.39 is 42.1 Å². The zero-order valence-electron chi connectivity index (χ0n) is 18.4. The molecule has 166 valence electrons. The van der Waals surface area contributed by atoms with E-state index in [9.17, 15) is 14.4 Å². The number of ether oxygens (including phenoxy) is 3. The van der Waals surface area contributed by atoms with Crippen molar-refractivity contribution in [2.24, 2.45) is 5.41 Å². The molecular formula is C24H34O6. The highest BCUT2D eigenvalue weighted by Gasteiger charge is 2.36. The SMILES string of the molecule is CCC(C)(C)C(=O)OCC(=O)OCC(=O)OC1(c2ccccc2)CCCCCCC1. The van der Waals surface area contributed by atoms with Crippen molar-refractivity contribution < 1.29 is 28.6 Å². The zero-order chi connectivity index (χ0) is 22.0. The first-order valence-electron chi connectivity index (χ1n) is 10.9. The van der Waals surface area contributed by atoms with Crippen LogP contribution < -0.4 is 0 Å². The van der Waals surface area contributed by atoms with Crippen molar-refractivity contribution in [2.75, 3.05) is 13.2 Å². The molecule has 0 atom stereocenters. The summed E-state index contributed by atoms with van der Waals surface area (Å²) in [5, 5.41) is 0. The van der Waals surface area contributed by atoms with Gasteiger partial charge in [-0.25, -0.2) is 9.59 Å². The van der Waals surface area contributed by atoms with Crippen LogP contribution in [-0.2, 0) is 34.2 Å². The average molecular weight is 419 g/mol. The molecule has 2 rings (SSSR count). The maximum absolute atomic E-state index is 12.5. The number of esters is 3. The maximum atomic E-state index is 12.5. The molecule has 6 heteroatoms. The standard InChI is InChI=1S/C24H34O6/c1-4-23(2,3)22(27)29-17-20(25)28-18-21(26)30-24(19-13-9-8-10-14-19)15-11-6-5-7-12-16-24/h8-10,13-14H,4-7,11-12,15-18H2,1-3H3. The fourth-order valence-corrected chi connectivity index (χ4v) is 3.56. The van der Waals surface area contributed by atoms with E-state index in [1.807, 2.05) is 37.3 Å². The lowest BCUT2D eigenvalue weighted by atomic mass is 9.81. The van der Waals surface area contributed by atoms with Crippen LogP contribution in [0.1, 0.15) is 77.7 Å². The number of carbonyl (C=O) groups excluding carboxylic acids is 3. The van der Waals surface area contributed by atoms with Gasteiger partial charge in [0.25, 0.3) is 0 Å². The Morgan fingerprint density at radius 3 is 2.03 bits per heavy atom. The van der Waals surface area contributed by atoms with Crippen molar-refractivity contribution in [3.05, 3.63) is 35.9 Å². The molecule has 30 heavy (non-hydrogen) atoms. The Kier molecular flexibility index (Phi) is 8.88. The molecule has 0 aromatic heterocycles. The lowest BCUT2D eigenvalue weighted by Gasteiger charge is -2.35. The number of rotatable bonds is 8. The monoisotopic (exact) mass is 418 g/mol. The largest absolute Gasteiger partial charge is 0.453 e. The minimum absolute atomic E-state index is 0.470. The van der Waals surface area contributed by atoms with Crippen molar-refractivity contribution >= 4 is 17.9 Å². The van der Waals surface area contributed by atoms with Crippen LogP contribution in [0.25, 0.3) is 0 Å². The molecule has 0 amide bonds. The smallest absolute Gasteiger partial charge is 0.345 e. The predicted molar refractivity (Wildman–Crippen MR) is 113 cm³/mol. The summed E-state index contributed by atoms with van der Waals surface area (Å²) in [7, 11) is 0. The Bertz CT molecular complexity index is 702. The van der Waals surface area contributed by atoms with E-state index >= 15 is 0 Å². The van der Waals surface area contributed by atoms with Gasteiger partial charge in [-0.1, -0.05) is 56.5 Å². The third-order valence-corrected chi connectivity index (χ3v) is 5.88. The number of benzene rings is 1. The molecule has 0 bridgehead atoms. The lowest BCUT2D eigenvalue weighted by Crippen LogP contribution is -2.35. The molecule has 0 heterocycles. The normalized spacial score (nSPS) is 16.6. The van der Waals surface area contributed by atoms with E-state index in [0.29, 0.717) is 6.42 Å². The minimum atomic E-state index is -0.765. The molecule has 0 N–H and O–H groups in total. The fourth-order valence-electron chi connectivity index (χ4n) is 3.56. The van der Waals surface area contributed by atoms with Crippen LogP contribution in [0.5, 0.6) is 0 Å². The second-order valence-corrected chi connectivity index (χ2v) is 8.58. The van der Waals surface area contributed by atoms with Crippen LogP contribution in [0.15, 0.2) is 30.3 Å². The number of carbonyl (C=O) groups is 3. The fraction of sp³-hybridized carbons (Fsp3) is 0.625. The van der Waals surface area contributed by atoms with Gasteiger partial charge in [0.1, 0.15) is 5.60 Å². The van der Waals surface area contributed by atoms with E-state index in [1.165, 1.54) is 6.42 Å². The van der Waals surface area contributed by atoms with Crippen LogP contribution in [0.3, 0.4) is 0 Å². The lowest BCUT2D eigenvalue weighted by molar-refractivity contribution is -0.176. The summed E-state index contributed by atoms with van der Waals surface area (Å²) in [6.07, 6.45) is 7.47. The second-order valence-electron chi connectivity index (χ2n) is 8.58. The van der Waals surface area contributed by atoms with Crippen LogP contribution >= 0.6 is 0 Å². The van der Waals surface area contributed by atoms with Crippen molar-refractivity contribution in [3.63, 3.8) is 0 Å². The molecule has 0 saturated heterocycles. The molecule has 1 aromatic rings. The molecule has 0 spiro atoms. The van der Waals surface area contributed by atoms with Gasteiger partial charge >= 0.3 is 17.9 Å². The van der Waals surface area contributed by atoms with Gasteiger partial charge in [0.15, 0.2) is 13.2 Å². The van der Waals surface area contributed by atoms with Crippen molar-refractivity contribution in [1.82, 2.24) is 0 Å². The van der Waals surface area contributed by atoms with Gasteiger partial charge in [-0.3, -0.25) is 4.79 Å². The Hall–Kier alpha value is -2.37. The Morgan fingerprint density at radius 2 is 1.43 bits per heavy atom. The molecule has 0 radical (unpaired) electrons. The van der Waals surface area contributed by atoms with Gasteiger partial charge in [0.05, 0.1) is 5.41 Å². The summed E-state index contributed by atoms with van der Waals surface area (Å²) in [5.74, 6) is -1.83. The first-order valence-corrected chi connectivity index (χ1v) is 10.9. The molecule has 0 unspecified atom stereocenters. The zero-order valence-corrected chi connectivity index (χ0v) is 18.4. The first kappa shape index (κ1) is 23.9. The minimum Gasteiger partial charge on any atom is -0.453 e. The molecule has 1 aliphatic rings. The average Bonchev–Trinajstić information content (AvgIpc) is 2.73. The summed E-state index contributed by atoms with van der Waals surface area (Å²) >= 11 is 0. The van der Waals surface area contributed by atoms with Crippen molar-refractivity contribution in [2.45, 2.75) is 77.7 Å². The summed E-state index contributed by atoms with van der Waals surface area (Å²) in [6.45, 7) is 4.35. The molecular weight excluding hydrogens is 384 g/mol. The summed E-state index contributed by atoms with van der Waals surface area (Å²) in [6, 6.07) is 9.78. The highest BCUT2D eigenvalue weighted by molar-refractivity contribution is 5.81. The Labute approximate surface area is 179 Å². The predicted octanol–water partition coefficient (Wildman–Crippen LogP) is 4.69. The molecule has 1 fully saturated rings. The van der Waals surface area contributed by atoms with E-state index in [1.54, 1.807) is 13.8 Å². The molecule has 1 aliphatic carbocycles. The van der Waals surface area contributed by atoms with Crippen LogP contribution in [0.4, 0.5) is 0 Å². The maximum Gasteiger partial charge on any atom is 0.345 e. The van der Waals surface area contributed by atoms with Gasteiger partial charge in [-0.2, -0.15) is 0 Å².